The Morgan fingerprint density at radius 3 is 1.91 bits per heavy atom. The second-order valence-electron chi connectivity index (χ2n) is 14.4. The molecule has 2 fully saturated rings. The Hall–Kier alpha value is -3.42. The van der Waals surface area contributed by atoms with Gasteiger partial charge in [-0.2, -0.15) is 0 Å². The van der Waals surface area contributed by atoms with E-state index in [1.54, 1.807) is 41.5 Å². The molecule has 2 heterocycles. The van der Waals surface area contributed by atoms with E-state index in [-0.39, 0.29) is 12.3 Å². The maximum Gasteiger partial charge on any atom is 0.317 e. The molecule has 11 atom stereocenters. The van der Waals surface area contributed by atoms with E-state index in [1.165, 1.54) is 0 Å². The molecule has 0 saturated carbocycles. The number of aliphatic carboxylic acids is 1. The van der Waals surface area contributed by atoms with Gasteiger partial charge >= 0.3 is 35.8 Å². The van der Waals surface area contributed by atoms with Crippen molar-refractivity contribution >= 4 is 35.8 Å². The Morgan fingerprint density at radius 1 is 0.759 bits per heavy atom. The van der Waals surface area contributed by atoms with Gasteiger partial charge in [0.05, 0.1) is 24.4 Å². The maximum absolute atomic E-state index is 13.4. The lowest BCUT2D eigenvalue weighted by atomic mass is 9.96. The fourth-order valence-corrected chi connectivity index (χ4v) is 5.34. The average Bonchev–Trinajstić information content (AvgIpc) is 3.35. The van der Waals surface area contributed by atoms with E-state index in [4.69, 9.17) is 43.0 Å². The van der Waals surface area contributed by atoms with E-state index in [0.29, 0.717) is 25.7 Å². The van der Waals surface area contributed by atoms with Crippen LogP contribution in [0.3, 0.4) is 0 Å². The summed E-state index contributed by atoms with van der Waals surface area (Å²) < 4.78 is 46.2. The summed E-state index contributed by atoms with van der Waals surface area (Å²) in [7, 11) is 0. The monoisotopic (exact) mass is 778 g/mol. The minimum Gasteiger partial charge on any atom is -0.481 e. The van der Waals surface area contributed by atoms with Crippen molar-refractivity contribution in [3.8, 4) is 0 Å². The summed E-state index contributed by atoms with van der Waals surface area (Å²) >= 11 is 0. The van der Waals surface area contributed by atoms with Gasteiger partial charge in [0, 0.05) is 6.42 Å². The Kier molecular flexibility index (Phi) is 18.7. The van der Waals surface area contributed by atoms with E-state index in [2.05, 4.69) is 0 Å². The summed E-state index contributed by atoms with van der Waals surface area (Å²) in [6, 6.07) is 0. The fourth-order valence-electron chi connectivity index (χ4n) is 5.34. The number of carboxylic acids is 1. The first-order valence-corrected chi connectivity index (χ1v) is 18.4. The van der Waals surface area contributed by atoms with Crippen molar-refractivity contribution in [3.63, 3.8) is 0 Å². The highest BCUT2D eigenvalue weighted by atomic mass is 16.8. The quantitative estimate of drug-likeness (QED) is 0.0729. The zero-order valence-electron chi connectivity index (χ0n) is 32.3. The third-order valence-corrected chi connectivity index (χ3v) is 9.15. The minimum atomic E-state index is -2.63. The molecule has 18 nitrogen and oxygen atoms in total. The molecule has 0 aromatic rings. The van der Waals surface area contributed by atoms with Gasteiger partial charge in [0.1, 0.15) is 44.1 Å². The second kappa shape index (κ2) is 21.6. The molecule has 54 heavy (non-hydrogen) atoms. The Bertz CT molecular complexity index is 1270. The molecule has 2 rings (SSSR count). The van der Waals surface area contributed by atoms with Crippen molar-refractivity contribution in [1.82, 2.24) is 0 Å². The molecule has 0 aromatic heterocycles. The largest absolute Gasteiger partial charge is 0.481 e. The maximum atomic E-state index is 13.4. The van der Waals surface area contributed by atoms with Crippen LogP contribution < -0.4 is 0 Å². The molecule has 0 aromatic carbocycles. The zero-order valence-corrected chi connectivity index (χ0v) is 32.3. The van der Waals surface area contributed by atoms with Gasteiger partial charge in [-0.25, -0.2) is 0 Å². The van der Waals surface area contributed by atoms with E-state index < -0.39 is 135 Å². The smallest absolute Gasteiger partial charge is 0.317 e. The third-order valence-electron chi connectivity index (χ3n) is 9.15. The van der Waals surface area contributed by atoms with E-state index in [9.17, 15) is 44.1 Å². The van der Waals surface area contributed by atoms with Crippen molar-refractivity contribution in [2.45, 2.75) is 149 Å². The first kappa shape index (κ1) is 46.7. The van der Waals surface area contributed by atoms with Crippen molar-refractivity contribution in [1.29, 1.82) is 0 Å². The molecule has 2 saturated heterocycles. The number of carboxylic acid groups (broad SMARTS) is 1. The van der Waals surface area contributed by atoms with Gasteiger partial charge < -0.3 is 58.3 Å². The molecule has 0 amide bonds. The first-order chi connectivity index (χ1) is 25.3. The highest BCUT2D eigenvalue weighted by molar-refractivity contribution is 5.90. The van der Waals surface area contributed by atoms with Crippen molar-refractivity contribution in [2.75, 3.05) is 19.8 Å². The van der Waals surface area contributed by atoms with Gasteiger partial charge in [0.2, 0.25) is 12.1 Å². The molecule has 0 bridgehead atoms. The predicted molar refractivity (Wildman–Crippen MR) is 183 cm³/mol. The van der Waals surface area contributed by atoms with Gasteiger partial charge in [-0.05, 0) is 25.2 Å². The van der Waals surface area contributed by atoms with Crippen LogP contribution in [0.25, 0.3) is 0 Å². The van der Waals surface area contributed by atoms with Gasteiger partial charge in [0.15, 0.2) is 18.3 Å². The molecule has 0 aliphatic carbocycles. The number of aliphatic hydroxyl groups excluding tert-OH is 3. The van der Waals surface area contributed by atoms with Crippen LogP contribution in [0.5, 0.6) is 0 Å². The van der Waals surface area contributed by atoms with Crippen molar-refractivity contribution in [3.05, 3.63) is 0 Å². The lowest BCUT2D eigenvalue weighted by molar-refractivity contribution is -0.384. The zero-order chi connectivity index (χ0) is 40.9. The topological polar surface area (TPSA) is 257 Å². The lowest BCUT2D eigenvalue weighted by Crippen LogP contribution is -2.66. The van der Waals surface area contributed by atoms with Crippen LogP contribution in [0, 0.1) is 23.7 Å². The number of rotatable bonds is 21. The summed E-state index contributed by atoms with van der Waals surface area (Å²) in [4.78, 5) is 76.3. The average molecular weight is 779 g/mol. The summed E-state index contributed by atoms with van der Waals surface area (Å²) in [5, 5.41) is 40.9. The number of carbonyl (C=O) groups is 6. The highest BCUT2D eigenvalue weighted by Crippen LogP contribution is 2.39. The number of aliphatic hydroxyl groups is 3. The molecule has 2 unspecified atom stereocenters. The third kappa shape index (κ3) is 13.1. The van der Waals surface area contributed by atoms with E-state index >= 15 is 0 Å². The molecule has 4 N–H and O–H groups in total. The Balaban J connectivity index is 2.77. The summed E-state index contributed by atoms with van der Waals surface area (Å²) in [6.45, 7) is 11.1. The molecule has 0 radical (unpaired) electrons. The van der Waals surface area contributed by atoms with Gasteiger partial charge in [0.25, 0.3) is 0 Å². The second-order valence-corrected chi connectivity index (χ2v) is 14.4. The standard InChI is InChI=1S/C36H58O18/c1-9-20(7)33(45)47-16-23-28(51-32(44)19(5)6)29(50-25(40)13-11-12-18(3)4)30(52-34(46)21(8)10-2)35(49-23)54-36(17-48-26(41)14-24(38)39)31(43)27(42)22(15-37)53-36/h18-23,27-31,35,37,42-43H,9-17H2,1-8H3,(H,38,39)/t20?,21?,22-,23-,27-,28-,29+,30-,31+,35-,36+/m1/s1. The molecular weight excluding hydrogens is 720 g/mol. The number of hydrogen-bond acceptors (Lipinski definition) is 17. The summed E-state index contributed by atoms with van der Waals surface area (Å²) in [5.41, 5.74) is 0. The lowest BCUT2D eigenvalue weighted by Gasteiger charge is -2.47. The SMILES string of the molecule is CCC(C)C(=O)OC[C@H]1O[C@H](O[C@]2(COC(=O)CC(=O)O)O[C@H](CO)[C@@H](O)[C@@H]2O)[C@H](OC(=O)C(C)CC)[C@@H](OC(=O)CCCC(C)C)[C@@H]1OC(=O)C(C)C. The molecule has 18 heteroatoms. The minimum absolute atomic E-state index is 0.0960. The van der Waals surface area contributed by atoms with Crippen LogP contribution in [-0.2, 0) is 66.7 Å². The normalized spacial score (nSPS) is 29.3. The van der Waals surface area contributed by atoms with Crippen LogP contribution in [-0.4, -0.2) is 131 Å². The van der Waals surface area contributed by atoms with Crippen LogP contribution in [0.1, 0.15) is 93.9 Å². The Labute approximate surface area is 315 Å². The van der Waals surface area contributed by atoms with Gasteiger partial charge in [-0.1, -0.05) is 61.8 Å². The predicted octanol–water partition coefficient (Wildman–Crippen LogP) is 1.41. The van der Waals surface area contributed by atoms with Gasteiger partial charge in [-0.15, -0.1) is 0 Å². The number of hydrogen-bond donors (Lipinski definition) is 4. The van der Waals surface area contributed by atoms with E-state index in [0.717, 1.165) is 0 Å². The molecule has 310 valence electrons. The number of esters is 5. The van der Waals surface area contributed by atoms with E-state index in [1.807, 2.05) is 13.8 Å². The van der Waals surface area contributed by atoms with Crippen LogP contribution in [0.15, 0.2) is 0 Å². The Morgan fingerprint density at radius 2 is 1.37 bits per heavy atom. The van der Waals surface area contributed by atoms with Crippen LogP contribution >= 0.6 is 0 Å². The molecule has 2 aliphatic heterocycles. The molecular formula is C36H58O18. The molecule has 2 aliphatic rings. The summed E-state index contributed by atoms with van der Waals surface area (Å²) in [6.07, 6.45) is -13.5. The molecule has 0 spiro atoms. The van der Waals surface area contributed by atoms with Crippen molar-refractivity contribution in [2.24, 2.45) is 23.7 Å². The highest BCUT2D eigenvalue weighted by Gasteiger charge is 2.61. The fraction of sp³-hybridized carbons (Fsp3) is 0.833. The van der Waals surface area contributed by atoms with Crippen molar-refractivity contribution < 1.29 is 87.1 Å². The van der Waals surface area contributed by atoms with Gasteiger partial charge in [-0.3, -0.25) is 28.8 Å². The van der Waals surface area contributed by atoms with Crippen LogP contribution in [0.2, 0.25) is 0 Å². The van der Waals surface area contributed by atoms with Crippen LogP contribution in [0.4, 0.5) is 0 Å². The number of carbonyl (C=O) groups excluding carboxylic acids is 5. The summed E-state index contributed by atoms with van der Waals surface area (Å²) in [5.74, 6) is -10.3. The first-order valence-electron chi connectivity index (χ1n) is 18.4. The number of ether oxygens (including phenoxy) is 8.